The Morgan fingerprint density at radius 1 is 0.275 bits per heavy atom. The van der Waals surface area contributed by atoms with E-state index in [9.17, 15) is 0 Å². The van der Waals surface area contributed by atoms with Crippen LogP contribution in [0.15, 0.2) is 237 Å². The molecule has 0 atom stereocenters. The van der Waals surface area contributed by atoms with Gasteiger partial charge in [0.05, 0.1) is 27.5 Å². The lowest BCUT2D eigenvalue weighted by atomic mass is 9.69. The van der Waals surface area contributed by atoms with Gasteiger partial charge in [-0.3, -0.25) is 0 Å². The highest BCUT2D eigenvalue weighted by Crippen LogP contribution is 2.64. The third-order valence-electron chi connectivity index (χ3n) is 14.8. The Kier molecular flexibility index (Phi) is 7.93. The first-order valence-corrected chi connectivity index (χ1v) is 23.6. The number of nitrogens with zero attached hydrogens (tertiary/aromatic N) is 5. The minimum atomic E-state index is -0.584. The summed E-state index contributed by atoms with van der Waals surface area (Å²) in [6, 6.07) is 85.4. The van der Waals surface area contributed by atoms with Crippen LogP contribution in [0.25, 0.3) is 111 Å². The van der Waals surface area contributed by atoms with Crippen LogP contribution in [0.4, 0.5) is 0 Å². The average molecular weight is 878 g/mol. The van der Waals surface area contributed by atoms with Crippen LogP contribution < -0.4 is 0 Å². The maximum absolute atomic E-state index is 5.58. The molecule has 3 aromatic heterocycles. The SMILES string of the molecule is c1ccc(-n2c3ccccc3c3cc(-c4nc(-c5ccc6c(c5)c5ccccc5n6-c5ccccc5)nc(-c5cccc6c5C5(c7ccccc7-c7ccccc75)c5ccccc5-6)n4)ccc32)cc1. The van der Waals surface area contributed by atoms with Crippen molar-refractivity contribution in [1.82, 2.24) is 24.1 Å². The summed E-state index contributed by atoms with van der Waals surface area (Å²) in [6.07, 6.45) is 0. The topological polar surface area (TPSA) is 48.5 Å². The number of fused-ring (bicyclic) bond motifs is 16. The Hall–Kier alpha value is -9.19. The van der Waals surface area contributed by atoms with Gasteiger partial charge < -0.3 is 9.13 Å². The summed E-state index contributed by atoms with van der Waals surface area (Å²) < 4.78 is 4.70. The van der Waals surface area contributed by atoms with E-state index in [2.05, 4.69) is 246 Å². The molecule has 5 heteroatoms. The van der Waals surface area contributed by atoms with Crippen LogP contribution in [0.3, 0.4) is 0 Å². The van der Waals surface area contributed by atoms with Gasteiger partial charge in [-0.2, -0.15) is 0 Å². The second kappa shape index (κ2) is 14.4. The molecule has 0 bridgehead atoms. The van der Waals surface area contributed by atoms with E-state index >= 15 is 0 Å². The highest BCUT2D eigenvalue weighted by atomic mass is 15.0. The summed E-state index contributed by atoms with van der Waals surface area (Å²) in [5.74, 6) is 1.88. The predicted molar refractivity (Wildman–Crippen MR) is 281 cm³/mol. The minimum absolute atomic E-state index is 0.584. The lowest BCUT2D eigenvalue weighted by Crippen LogP contribution is -2.26. The molecule has 5 nitrogen and oxygen atoms in total. The van der Waals surface area contributed by atoms with Crippen molar-refractivity contribution in [3.63, 3.8) is 0 Å². The normalized spacial score (nSPS) is 13.0. The predicted octanol–water partition coefficient (Wildman–Crippen LogP) is 15.4. The molecule has 0 fully saturated rings. The van der Waals surface area contributed by atoms with Crippen molar-refractivity contribution in [1.29, 1.82) is 0 Å². The number of benzene rings is 10. The Labute approximate surface area is 397 Å². The monoisotopic (exact) mass is 877 g/mol. The Balaban J connectivity index is 1.01. The molecule has 0 saturated carbocycles. The number of hydrogen-bond donors (Lipinski definition) is 0. The van der Waals surface area contributed by atoms with E-state index in [1.807, 2.05) is 0 Å². The quantitative estimate of drug-likeness (QED) is 0.173. The van der Waals surface area contributed by atoms with Gasteiger partial charge in [0.25, 0.3) is 0 Å². The van der Waals surface area contributed by atoms with Gasteiger partial charge in [0, 0.05) is 49.6 Å². The van der Waals surface area contributed by atoms with Crippen LogP contribution >= 0.6 is 0 Å². The molecule has 0 N–H and O–H groups in total. The largest absolute Gasteiger partial charge is 0.309 e. The molecule has 0 saturated heterocycles. The molecule has 320 valence electrons. The molecule has 0 amide bonds. The van der Waals surface area contributed by atoms with Crippen LogP contribution in [-0.2, 0) is 5.41 Å². The van der Waals surface area contributed by atoms with Gasteiger partial charge in [-0.25, -0.2) is 15.0 Å². The van der Waals surface area contributed by atoms with Crippen molar-refractivity contribution in [2.24, 2.45) is 0 Å². The molecule has 3 heterocycles. The molecule has 0 radical (unpaired) electrons. The molecule has 0 aliphatic heterocycles. The molecule has 13 aromatic rings. The van der Waals surface area contributed by atoms with E-state index in [-0.39, 0.29) is 0 Å². The van der Waals surface area contributed by atoms with E-state index in [0.29, 0.717) is 17.5 Å². The molecule has 0 unspecified atom stereocenters. The van der Waals surface area contributed by atoms with Crippen molar-refractivity contribution < 1.29 is 0 Å². The molecular weight excluding hydrogens is 839 g/mol. The number of para-hydroxylation sites is 4. The van der Waals surface area contributed by atoms with Crippen LogP contribution in [0.1, 0.15) is 22.3 Å². The van der Waals surface area contributed by atoms with Crippen LogP contribution in [0, 0.1) is 0 Å². The van der Waals surface area contributed by atoms with Gasteiger partial charge >= 0.3 is 0 Å². The van der Waals surface area contributed by atoms with Crippen molar-refractivity contribution in [2.75, 3.05) is 0 Å². The maximum atomic E-state index is 5.58. The lowest BCUT2D eigenvalue weighted by Gasteiger charge is -2.31. The van der Waals surface area contributed by atoms with Crippen LogP contribution in [-0.4, -0.2) is 24.1 Å². The van der Waals surface area contributed by atoms with Crippen molar-refractivity contribution in [2.45, 2.75) is 5.41 Å². The van der Waals surface area contributed by atoms with E-state index in [0.717, 1.165) is 60.9 Å². The second-order valence-corrected chi connectivity index (χ2v) is 18.3. The molecular formula is C64H39N5. The summed E-state index contributed by atoms with van der Waals surface area (Å²) in [5, 5.41) is 4.62. The number of aromatic nitrogens is 5. The zero-order valence-electron chi connectivity index (χ0n) is 37.3. The first-order valence-electron chi connectivity index (χ1n) is 23.6. The van der Waals surface area contributed by atoms with Crippen molar-refractivity contribution in [3.05, 3.63) is 259 Å². The summed E-state index contributed by atoms with van der Waals surface area (Å²) in [7, 11) is 0. The molecule has 15 rings (SSSR count). The first-order chi connectivity index (χ1) is 34.2. The van der Waals surface area contributed by atoms with E-state index in [1.165, 1.54) is 55.3 Å². The van der Waals surface area contributed by atoms with Gasteiger partial charge in [-0.15, -0.1) is 0 Å². The number of rotatable bonds is 5. The molecule has 2 aliphatic carbocycles. The third kappa shape index (κ3) is 5.27. The standard InChI is InChI=1S/C64H39N5/c1-3-18-42(19-4-1)68-56-32-15-10-25-47(56)51-38-40(34-36-58(51)68)61-65-62(41-35-37-59-52(39-41)48-26-11-16-33-57(48)69(59)43-20-5-2-6-21-43)67-63(66-61)50-28-17-27-49-46-24-9-14-31-55(46)64(60(49)50)53-29-12-7-22-44(53)45-23-8-13-30-54(45)64/h1-39H. The van der Waals surface area contributed by atoms with Gasteiger partial charge in [-0.05, 0) is 117 Å². The minimum Gasteiger partial charge on any atom is -0.309 e. The Morgan fingerprint density at radius 2 is 0.652 bits per heavy atom. The number of hydrogen-bond acceptors (Lipinski definition) is 3. The van der Waals surface area contributed by atoms with Gasteiger partial charge in [-0.1, -0.05) is 164 Å². The zero-order valence-corrected chi connectivity index (χ0v) is 37.3. The van der Waals surface area contributed by atoms with E-state index in [4.69, 9.17) is 15.0 Å². The Bertz CT molecular complexity index is 4020. The summed E-state index contributed by atoms with van der Waals surface area (Å²) in [6.45, 7) is 0. The fourth-order valence-corrected chi connectivity index (χ4v) is 12.0. The first kappa shape index (κ1) is 38.0. The van der Waals surface area contributed by atoms with Crippen molar-refractivity contribution >= 4 is 43.6 Å². The van der Waals surface area contributed by atoms with E-state index < -0.39 is 5.41 Å². The van der Waals surface area contributed by atoms with Gasteiger partial charge in [0.15, 0.2) is 17.5 Å². The summed E-state index contributed by atoms with van der Waals surface area (Å²) in [5.41, 5.74) is 19.0. The summed E-state index contributed by atoms with van der Waals surface area (Å²) in [4.78, 5) is 16.6. The lowest BCUT2D eigenvalue weighted by molar-refractivity contribution is 0.794. The molecule has 10 aromatic carbocycles. The van der Waals surface area contributed by atoms with Gasteiger partial charge in [0.2, 0.25) is 0 Å². The summed E-state index contributed by atoms with van der Waals surface area (Å²) >= 11 is 0. The fourth-order valence-electron chi connectivity index (χ4n) is 12.0. The fraction of sp³-hybridized carbons (Fsp3) is 0.0156. The molecule has 2 aliphatic rings. The molecule has 1 spiro atoms. The maximum Gasteiger partial charge on any atom is 0.164 e. The van der Waals surface area contributed by atoms with Crippen molar-refractivity contribution in [3.8, 4) is 67.8 Å². The van der Waals surface area contributed by atoms with E-state index in [1.54, 1.807) is 0 Å². The average Bonchev–Trinajstić information content (AvgIpc) is 4.13. The second-order valence-electron chi connectivity index (χ2n) is 18.3. The highest BCUT2D eigenvalue weighted by Gasteiger charge is 2.53. The Morgan fingerprint density at radius 3 is 1.16 bits per heavy atom. The highest BCUT2D eigenvalue weighted by molar-refractivity contribution is 6.12. The molecule has 69 heavy (non-hydrogen) atoms. The van der Waals surface area contributed by atoms with Gasteiger partial charge in [0.1, 0.15) is 0 Å². The third-order valence-corrected chi connectivity index (χ3v) is 14.8. The van der Waals surface area contributed by atoms with Crippen LogP contribution in [0.2, 0.25) is 0 Å². The van der Waals surface area contributed by atoms with Crippen LogP contribution in [0.5, 0.6) is 0 Å². The zero-order chi connectivity index (χ0) is 45.2. The smallest absolute Gasteiger partial charge is 0.164 e.